The van der Waals surface area contributed by atoms with E-state index >= 15 is 0 Å². The van der Waals surface area contributed by atoms with E-state index in [0.29, 0.717) is 0 Å². The minimum atomic E-state index is 0. The first-order valence-electron chi connectivity index (χ1n) is 9.26. The molecule has 0 unspecified atom stereocenters. The van der Waals surface area contributed by atoms with Gasteiger partial charge in [0.15, 0.2) is 0 Å². The van der Waals surface area contributed by atoms with Crippen LogP contribution in [0.25, 0.3) is 0 Å². The average Bonchev–Trinajstić information content (AvgIpc) is 3.36. The molecule has 2 heteroatoms. The summed E-state index contributed by atoms with van der Waals surface area (Å²) in [6.45, 7) is 1.60. The van der Waals surface area contributed by atoms with Gasteiger partial charge in [0.1, 0.15) is 5.78 Å². The van der Waals surface area contributed by atoms with E-state index in [-0.39, 0.29) is 22.9 Å². The minimum Gasteiger partial charge on any atom is -0.748 e. The number of benzene rings is 2. The van der Waals surface area contributed by atoms with Gasteiger partial charge in [0, 0.05) is 17.1 Å². The number of hydrogen-bond donors (Lipinski definition) is 0. The van der Waals surface area contributed by atoms with Gasteiger partial charge in [0.25, 0.3) is 0 Å². The third-order valence-corrected chi connectivity index (χ3v) is 4.46. The second-order valence-corrected chi connectivity index (χ2v) is 6.68. The minimum absolute atomic E-state index is 0. The summed E-state index contributed by atoms with van der Waals surface area (Å²) in [7, 11) is 0. The first-order valence-corrected chi connectivity index (χ1v) is 9.26. The van der Waals surface area contributed by atoms with Crippen LogP contribution in [0.2, 0.25) is 0 Å². The van der Waals surface area contributed by atoms with Crippen LogP contribution in [0.15, 0.2) is 103 Å². The first kappa shape index (κ1) is 21.6. The number of hydrogen-bond acceptors (Lipinski definition) is 1. The van der Waals surface area contributed by atoms with Gasteiger partial charge in [0.2, 0.25) is 0 Å². The van der Waals surface area contributed by atoms with Crippen LogP contribution in [-0.4, -0.2) is 5.78 Å². The Morgan fingerprint density at radius 1 is 0.821 bits per heavy atom. The third-order valence-electron chi connectivity index (χ3n) is 4.46. The SMILES string of the molecule is CC(=O)[c-]1ccc(Cc2ccccc2)c1.[Fe].c1ccc(C[c-]2[cH-][cH-][cH-][cH-]2)cc1. The molecule has 0 aliphatic rings. The van der Waals surface area contributed by atoms with Crippen LogP contribution in [0.1, 0.15) is 39.5 Å². The zero-order chi connectivity index (χ0) is 18.9. The second kappa shape index (κ2) is 11.2. The van der Waals surface area contributed by atoms with Gasteiger partial charge < -0.3 is 34.6 Å². The van der Waals surface area contributed by atoms with Crippen molar-refractivity contribution in [3.05, 3.63) is 131 Å². The Morgan fingerprint density at radius 3 is 1.93 bits per heavy atom. The van der Waals surface area contributed by atoms with Crippen LogP contribution in [0.5, 0.6) is 0 Å². The van der Waals surface area contributed by atoms with Crippen molar-refractivity contribution in [2.75, 3.05) is 0 Å². The summed E-state index contributed by atoms with van der Waals surface area (Å²) < 4.78 is 0. The Bertz CT molecular complexity index is 935. The molecule has 0 spiro atoms. The van der Waals surface area contributed by atoms with E-state index in [4.69, 9.17) is 0 Å². The molecule has 0 heterocycles. The molecule has 1 nitrogen and oxygen atoms in total. The molecule has 0 aliphatic heterocycles. The van der Waals surface area contributed by atoms with Crippen molar-refractivity contribution in [1.29, 1.82) is 0 Å². The normalized spacial score (nSPS) is 9.75. The van der Waals surface area contributed by atoms with Crippen molar-refractivity contribution in [1.82, 2.24) is 0 Å². The molecular weight excluding hydrogens is 384 g/mol. The smallest absolute Gasteiger partial charge is 0.105 e. The summed E-state index contributed by atoms with van der Waals surface area (Å²) in [6, 6.07) is 35.2. The average molecular weight is 408 g/mol. The number of carbonyl (C=O) groups excluding carboxylic acids is 1. The Kier molecular flexibility index (Phi) is 8.68. The Labute approximate surface area is 178 Å². The van der Waals surface area contributed by atoms with Crippen molar-refractivity contribution in [2.45, 2.75) is 19.8 Å². The number of rotatable bonds is 5. The molecule has 4 rings (SSSR count). The van der Waals surface area contributed by atoms with Gasteiger partial charge in [-0.25, -0.2) is 6.07 Å². The largest absolute Gasteiger partial charge is 0.748 e. The van der Waals surface area contributed by atoms with Gasteiger partial charge in [-0.15, -0.1) is 0 Å². The molecular formula is C26H24FeO-6. The van der Waals surface area contributed by atoms with Gasteiger partial charge in [-0.2, -0.15) is 24.1 Å². The van der Waals surface area contributed by atoms with Gasteiger partial charge in [-0.3, -0.25) is 0 Å². The van der Waals surface area contributed by atoms with Crippen molar-refractivity contribution >= 4 is 5.78 Å². The number of Topliss-reactive ketones (excluding diaryl/α,β-unsaturated/α-hetero) is 1. The van der Waals surface area contributed by atoms with Crippen LogP contribution in [0, 0.1) is 0 Å². The van der Waals surface area contributed by atoms with Crippen molar-refractivity contribution in [3.8, 4) is 0 Å². The van der Waals surface area contributed by atoms with Crippen LogP contribution in [0.4, 0.5) is 0 Å². The molecule has 0 aliphatic carbocycles. The maximum Gasteiger partial charge on any atom is 0.105 e. The molecule has 0 saturated carbocycles. The summed E-state index contributed by atoms with van der Waals surface area (Å²) in [5.41, 5.74) is 6.05. The van der Waals surface area contributed by atoms with E-state index in [1.165, 1.54) is 22.3 Å². The van der Waals surface area contributed by atoms with Gasteiger partial charge in [-0.05, 0) is 6.92 Å². The van der Waals surface area contributed by atoms with Crippen LogP contribution in [0.3, 0.4) is 0 Å². The molecule has 0 saturated heterocycles. The van der Waals surface area contributed by atoms with E-state index in [9.17, 15) is 4.79 Å². The zero-order valence-electron chi connectivity index (χ0n) is 16.0. The number of ketones is 1. The standard InChI is InChI=1S/C14H13O.C12H11.Fe/c1-11(15)14-8-7-13(10-14)9-12-5-3-2-4-6-12;1-2-6-11(7-3-1)10-12-8-4-5-9-12;/h2-8,10H,9H2,1H3;1-9H,10H2;/q-1;-5;. The molecule has 0 atom stereocenters. The number of carbonyl (C=O) groups is 1. The molecule has 28 heavy (non-hydrogen) atoms. The molecule has 0 fully saturated rings. The summed E-state index contributed by atoms with van der Waals surface area (Å²) in [6.07, 6.45) is 1.95. The van der Waals surface area contributed by atoms with Crippen molar-refractivity contribution in [2.24, 2.45) is 0 Å². The summed E-state index contributed by atoms with van der Waals surface area (Å²) in [5, 5.41) is 0. The van der Waals surface area contributed by atoms with Gasteiger partial charge in [0.05, 0.1) is 0 Å². The fraction of sp³-hybridized carbons (Fsp3) is 0.115. The van der Waals surface area contributed by atoms with Gasteiger partial charge >= 0.3 is 0 Å². The van der Waals surface area contributed by atoms with E-state index in [2.05, 4.69) is 66.7 Å². The van der Waals surface area contributed by atoms with E-state index in [1.807, 2.05) is 36.4 Å². The van der Waals surface area contributed by atoms with E-state index < -0.39 is 0 Å². The summed E-state index contributed by atoms with van der Waals surface area (Å²) in [5.74, 6) is 0.134. The molecule has 148 valence electrons. The predicted octanol–water partition coefficient (Wildman–Crippen LogP) is 6.19. The van der Waals surface area contributed by atoms with Crippen LogP contribution < -0.4 is 0 Å². The maximum absolute atomic E-state index is 11.1. The van der Waals surface area contributed by atoms with Crippen LogP contribution in [-0.2, 0) is 29.9 Å². The molecule has 0 radical (unpaired) electrons. The summed E-state index contributed by atoms with van der Waals surface area (Å²) >= 11 is 0. The fourth-order valence-electron chi connectivity index (χ4n) is 3.02. The summed E-state index contributed by atoms with van der Waals surface area (Å²) in [4.78, 5) is 11.1. The van der Waals surface area contributed by atoms with Crippen LogP contribution >= 0.6 is 0 Å². The molecule has 0 bridgehead atoms. The molecule has 4 aromatic rings. The Hall–Kier alpha value is -2.67. The monoisotopic (exact) mass is 408 g/mol. The van der Waals surface area contributed by atoms with E-state index in [0.717, 1.165) is 18.4 Å². The molecule has 0 amide bonds. The van der Waals surface area contributed by atoms with Crippen molar-refractivity contribution < 1.29 is 21.9 Å². The molecule has 4 aromatic carbocycles. The zero-order valence-corrected chi connectivity index (χ0v) is 17.1. The van der Waals surface area contributed by atoms with E-state index in [1.54, 1.807) is 6.92 Å². The molecule has 0 aromatic heterocycles. The maximum atomic E-state index is 11.1. The Morgan fingerprint density at radius 2 is 1.39 bits per heavy atom. The first-order chi connectivity index (χ1) is 13.2. The predicted molar refractivity (Wildman–Crippen MR) is 113 cm³/mol. The quantitative estimate of drug-likeness (QED) is 0.219. The second-order valence-electron chi connectivity index (χ2n) is 6.68. The Balaban J connectivity index is 0.000000198. The van der Waals surface area contributed by atoms with Gasteiger partial charge in [-0.1, -0.05) is 83.8 Å². The fourth-order valence-corrected chi connectivity index (χ4v) is 3.02. The third kappa shape index (κ3) is 6.81. The molecule has 0 N–H and O–H groups in total. The van der Waals surface area contributed by atoms with Crippen molar-refractivity contribution in [3.63, 3.8) is 0 Å². The topological polar surface area (TPSA) is 17.1 Å².